The Morgan fingerprint density at radius 3 is 2.46 bits per heavy atom. The highest BCUT2D eigenvalue weighted by Crippen LogP contribution is 2.11. The van der Waals surface area contributed by atoms with Crippen LogP contribution in [0.2, 0.25) is 0 Å². The maximum atomic E-state index is 11.5. The Hall–Kier alpha value is -1.20. The Bertz CT molecular complexity index is 818. The van der Waals surface area contributed by atoms with E-state index < -0.39 is 9.84 Å². The van der Waals surface area contributed by atoms with Crippen molar-refractivity contribution in [3.05, 3.63) is 45.9 Å². The molecule has 0 radical (unpaired) electrons. The van der Waals surface area contributed by atoms with Crippen LogP contribution in [0.1, 0.15) is 23.2 Å². The van der Waals surface area contributed by atoms with Gasteiger partial charge >= 0.3 is 0 Å². The minimum atomic E-state index is -3.14. The molecule has 0 saturated carbocycles. The molecule has 1 heterocycles. The Morgan fingerprint density at radius 1 is 1.23 bits per heavy atom. The maximum absolute atomic E-state index is 11.5. The van der Waals surface area contributed by atoms with Crippen LogP contribution in [-0.2, 0) is 29.2 Å². The standard InChI is InChI=1S/C17H24N4O2S2.HI/c1-4-16-21-14(12-24-16)11-20-17(18-2)19-10-9-13-5-7-15(8-6-13)25(3,22)23;/h5-8,12H,4,9-11H2,1-3H3,(H2,18,19,20);1H. The summed E-state index contributed by atoms with van der Waals surface area (Å²) in [4.78, 5) is 9.06. The summed E-state index contributed by atoms with van der Waals surface area (Å²) in [7, 11) is -1.41. The summed E-state index contributed by atoms with van der Waals surface area (Å²) in [6.45, 7) is 3.44. The van der Waals surface area contributed by atoms with Crippen LogP contribution in [0.25, 0.3) is 0 Å². The van der Waals surface area contributed by atoms with Gasteiger partial charge < -0.3 is 10.6 Å². The molecule has 0 spiro atoms. The molecule has 2 aromatic rings. The predicted molar refractivity (Wildman–Crippen MR) is 118 cm³/mol. The Morgan fingerprint density at radius 2 is 1.92 bits per heavy atom. The first kappa shape index (κ1) is 22.8. The minimum absolute atomic E-state index is 0. The Labute approximate surface area is 176 Å². The molecule has 0 unspecified atom stereocenters. The number of aromatic nitrogens is 1. The van der Waals surface area contributed by atoms with E-state index in [9.17, 15) is 8.42 Å². The lowest BCUT2D eigenvalue weighted by atomic mass is 10.1. The van der Waals surface area contributed by atoms with Crippen LogP contribution < -0.4 is 10.6 Å². The first-order valence-corrected chi connectivity index (χ1v) is 10.9. The van der Waals surface area contributed by atoms with Crippen LogP contribution in [0, 0.1) is 0 Å². The molecule has 0 fully saturated rings. The van der Waals surface area contributed by atoms with Crippen LogP contribution in [0.15, 0.2) is 39.5 Å². The summed E-state index contributed by atoms with van der Waals surface area (Å²) in [5.41, 5.74) is 2.09. The van der Waals surface area contributed by atoms with E-state index in [1.165, 1.54) is 6.26 Å². The second-order valence-corrected chi connectivity index (χ2v) is 8.56. The van der Waals surface area contributed by atoms with Gasteiger partial charge in [-0.2, -0.15) is 0 Å². The molecule has 26 heavy (non-hydrogen) atoms. The van der Waals surface area contributed by atoms with Crippen molar-refractivity contribution >= 4 is 51.1 Å². The number of rotatable bonds is 7. The molecule has 2 N–H and O–H groups in total. The summed E-state index contributed by atoms with van der Waals surface area (Å²) < 4.78 is 22.9. The van der Waals surface area contributed by atoms with Crippen molar-refractivity contribution in [2.24, 2.45) is 4.99 Å². The molecule has 9 heteroatoms. The molecule has 0 atom stereocenters. The van der Waals surface area contributed by atoms with Crippen molar-refractivity contribution in [1.82, 2.24) is 15.6 Å². The smallest absolute Gasteiger partial charge is 0.191 e. The normalized spacial score (nSPS) is 11.7. The second kappa shape index (κ2) is 10.8. The highest BCUT2D eigenvalue weighted by atomic mass is 127. The highest BCUT2D eigenvalue weighted by molar-refractivity contribution is 14.0. The third-order valence-electron chi connectivity index (χ3n) is 3.62. The summed E-state index contributed by atoms with van der Waals surface area (Å²) in [5, 5.41) is 9.69. The maximum Gasteiger partial charge on any atom is 0.191 e. The first-order valence-electron chi connectivity index (χ1n) is 8.09. The van der Waals surface area contributed by atoms with Crippen LogP contribution in [0.4, 0.5) is 0 Å². The number of hydrogen-bond donors (Lipinski definition) is 2. The molecule has 0 aliphatic carbocycles. The Balaban J connectivity index is 0.00000338. The van der Waals surface area contributed by atoms with Crippen molar-refractivity contribution in [3.8, 4) is 0 Å². The molecular formula is C17H25IN4O2S2. The molecule has 0 aliphatic rings. The highest BCUT2D eigenvalue weighted by Gasteiger charge is 2.06. The van der Waals surface area contributed by atoms with E-state index in [0.29, 0.717) is 18.0 Å². The van der Waals surface area contributed by atoms with Gasteiger partial charge in [0.1, 0.15) is 0 Å². The zero-order valence-electron chi connectivity index (χ0n) is 15.2. The molecule has 0 aliphatic heterocycles. The molecule has 6 nitrogen and oxygen atoms in total. The van der Waals surface area contributed by atoms with Crippen LogP contribution >= 0.6 is 35.3 Å². The van der Waals surface area contributed by atoms with E-state index in [1.807, 2.05) is 12.1 Å². The number of aryl methyl sites for hydroxylation is 1. The van der Waals surface area contributed by atoms with E-state index in [1.54, 1.807) is 30.5 Å². The lowest BCUT2D eigenvalue weighted by molar-refractivity contribution is 0.602. The van der Waals surface area contributed by atoms with Crippen molar-refractivity contribution in [2.75, 3.05) is 19.8 Å². The van der Waals surface area contributed by atoms with Gasteiger partial charge in [0.05, 0.1) is 22.1 Å². The molecule has 0 saturated heterocycles. The zero-order chi connectivity index (χ0) is 18.3. The van der Waals surface area contributed by atoms with Gasteiger partial charge in [0, 0.05) is 25.2 Å². The average molecular weight is 508 g/mol. The molecule has 144 valence electrons. The minimum Gasteiger partial charge on any atom is -0.356 e. The quantitative estimate of drug-likeness (QED) is 0.342. The third-order valence-corrected chi connectivity index (χ3v) is 5.79. The number of benzene rings is 1. The number of guanidine groups is 1. The number of halogens is 1. The van der Waals surface area contributed by atoms with E-state index in [-0.39, 0.29) is 24.0 Å². The van der Waals surface area contributed by atoms with Crippen LogP contribution in [-0.4, -0.2) is 39.2 Å². The van der Waals surface area contributed by atoms with Crippen LogP contribution in [0.3, 0.4) is 0 Å². The fraction of sp³-hybridized carbons (Fsp3) is 0.412. The number of thiazole rings is 1. The van der Waals surface area contributed by atoms with Gasteiger partial charge in [-0.05, 0) is 30.5 Å². The van der Waals surface area contributed by atoms with Gasteiger partial charge in [-0.3, -0.25) is 4.99 Å². The summed E-state index contributed by atoms with van der Waals surface area (Å²) >= 11 is 1.67. The van der Waals surface area contributed by atoms with Gasteiger partial charge in [-0.15, -0.1) is 35.3 Å². The number of aliphatic imine (C=N–C) groups is 1. The first-order chi connectivity index (χ1) is 11.9. The molecule has 0 amide bonds. The van der Waals surface area contributed by atoms with E-state index in [2.05, 4.69) is 32.9 Å². The van der Waals surface area contributed by atoms with Gasteiger partial charge in [-0.25, -0.2) is 13.4 Å². The van der Waals surface area contributed by atoms with Crippen molar-refractivity contribution in [1.29, 1.82) is 0 Å². The monoisotopic (exact) mass is 508 g/mol. The van der Waals surface area contributed by atoms with E-state index >= 15 is 0 Å². The summed E-state index contributed by atoms with van der Waals surface area (Å²) in [5.74, 6) is 0.721. The van der Waals surface area contributed by atoms with E-state index in [0.717, 1.165) is 35.1 Å². The predicted octanol–water partition coefficient (Wildman–Crippen LogP) is 2.63. The van der Waals surface area contributed by atoms with E-state index in [4.69, 9.17) is 0 Å². The van der Waals surface area contributed by atoms with Crippen molar-refractivity contribution in [2.45, 2.75) is 31.2 Å². The average Bonchev–Trinajstić information content (AvgIpc) is 3.05. The molecule has 1 aromatic heterocycles. The van der Waals surface area contributed by atoms with Gasteiger partial charge in [0.2, 0.25) is 0 Å². The number of hydrogen-bond acceptors (Lipinski definition) is 5. The fourth-order valence-corrected chi connectivity index (χ4v) is 3.59. The topological polar surface area (TPSA) is 83.4 Å². The molecule has 0 bridgehead atoms. The zero-order valence-corrected chi connectivity index (χ0v) is 19.1. The summed E-state index contributed by atoms with van der Waals surface area (Å²) in [6, 6.07) is 6.97. The third kappa shape index (κ3) is 7.20. The SMILES string of the molecule is CCc1nc(CNC(=NC)NCCc2ccc(S(C)(=O)=O)cc2)cs1.I. The van der Waals surface area contributed by atoms with Crippen molar-refractivity contribution < 1.29 is 8.42 Å². The second-order valence-electron chi connectivity index (χ2n) is 5.60. The van der Waals surface area contributed by atoms with Gasteiger partial charge in [0.25, 0.3) is 0 Å². The Kier molecular flexibility index (Phi) is 9.51. The molecular weight excluding hydrogens is 483 g/mol. The molecule has 2 rings (SSSR count). The summed E-state index contributed by atoms with van der Waals surface area (Å²) in [6.07, 6.45) is 2.95. The molecule has 1 aromatic carbocycles. The van der Waals surface area contributed by atoms with Crippen molar-refractivity contribution in [3.63, 3.8) is 0 Å². The number of nitrogens with zero attached hydrogens (tertiary/aromatic N) is 2. The lowest BCUT2D eigenvalue weighted by Gasteiger charge is -2.11. The number of sulfone groups is 1. The van der Waals surface area contributed by atoms with Gasteiger partial charge in [0.15, 0.2) is 15.8 Å². The lowest BCUT2D eigenvalue weighted by Crippen LogP contribution is -2.37. The van der Waals surface area contributed by atoms with Gasteiger partial charge in [-0.1, -0.05) is 19.1 Å². The fourth-order valence-electron chi connectivity index (χ4n) is 2.22. The number of nitrogens with one attached hydrogen (secondary N) is 2. The van der Waals surface area contributed by atoms with Crippen LogP contribution in [0.5, 0.6) is 0 Å². The largest absolute Gasteiger partial charge is 0.356 e.